The van der Waals surface area contributed by atoms with Crippen molar-refractivity contribution in [3.63, 3.8) is 0 Å². The highest BCUT2D eigenvalue weighted by Gasteiger charge is 2.27. The summed E-state index contributed by atoms with van der Waals surface area (Å²) in [6, 6.07) is 48.3. The number of para-hydroxylation sites is 3. The molecule has 0 fully saturated rings. The molecule has 0 aliphatic carbocycles. The highest BCUT2D eigenvalue weighted by molar-refractivity contribution is 7.99. The molecule has 0 saturated heterocycles. The largest absolute Gasteiger partial charge is 0.347 e. The number of fused-ring (bicyclic) bond motifs is 4. The Morgan fingerprint density at radius 2 is 1.39 bits per heavy atom. The second kappa shape index (κ2) is 11.4. The van der Waals surface area contributed by atoms with Gasteiger partial charge in [-0.3, -0.25) is 4.57 Å². The molecule has 1 aliphatic rings. The van der Waals surface area contributed by atoms with E-state index in [4.69, 9.17) is 4.98 Å². The normalized spacial score (nSPS) is 13.1. The van der Waals surface area contributed by atoms with Gasteiger partial charge in [-0.05, 0) is 77.2 Å². The Labute approximate surface area is 274 Å². The number of anilines is 3. The van der Waals surface area contributed by atoms with E-state index in [9.17, 15) is 0 Å². The Morgan fingerprint density at radius 1 is 0.652 bits per heavy atom. The van der Waals surface area contributed by atoms with E-state index in [1.807, 2.05) is 18.0 Å². The topological polar surface area (TPSA) is 24.3 Å². The first-order valence-electron chi connectivity index (χ1n) is 15.9. The lowest BCUT2D eigenvalue weighted by Gasteiger charge is -2.22. The number of rotatable bonds is 6. The number of aromatic nitrogens is 2. The standard InChI is InChI=1S/C41H36N4S/c1-41(2,3)30-22-23-42-40(24-30)45-36-17-8-7-16-34(36)35-21-20-33(26-39(35)45)46-32-15-11-14-31(25-32)44-28-43(27-29-12-5-4-6-13-29)37-18-9-10-19-38(37)44/h4-26H,27-28H2,1-3H3. The van der Waals surface area contributed by atoms with Crippen LogP contribution < -0.4 is 9.80 Å². The summed E-state index contributed by atoms with van der Waals surface area (Å²) in [6.07, 6.45) is 1.94. The van der Waals surface area contributed by atoms with Crippen LogP contribution in [0.2, 0.25) is 0 Å². The molecule has 46 heavy (non-hydrogen) atoms. The average Bonchev–Trinajstić information content (AvgIpc) is 3.60. The molecule has 0 amide bonds. The van der Waals surface area contributed by atoms with E-state index >= 15 is 0 Å². The van der Waals surface area contributed by atoms with Gasteiger partial charge in [0.2, 0.25) is 0 Å². The van der Waals surface area contributed by atoms with Crippen LogP contribution in [0.3, 0.4) is 0 Å². The lowest BCUT2D eigenvalue weighted by Crippen LogP contribution is -2.27. The Bertz CT molecular complexity index is 2190. The van der Waals surface area contributed by atoms with Crippen LogP contribution in [0.25, 0.3) is 27.6 Å². The summed E-state index contributed by atoms with van der Waals surface area (Å²) in [5.41, 5.74) is 8.69. The summed E-state index contributed by atoms with van der Waals surface area (Å²) >= 11 is 1.81. The van der Waals surface area contributed by atoms with Crippen molar-refractivity contribution in [3.05, 3.63) is 151 Å². The van der Waals surface area contributed by atoms with Crippen molar-refractivity contribution in [2.45, 2.75) is 42.5 Å². The number of nitrogens with zero attached hydrogens (tertiary/aromatic N) is 4. The molecule has 0 bridgehead atoms. The molecule has 0 N–H and O–H groups in total. The predicted octanol–water partition coefficient (Wildman–Crippen LogP) is 10.7. The third kappa shape index (κ3) is 5.21. The van der Waals surface area contributed by atoms with E-state index in [0.29, 0.717) is 0 Å². The molecule has 5 aromatic carbocycles. The predicted molar refractivity (Wildman–Crippen MR) is 194 cm³/mol. The van der Waals surface area contributed by atoms with E-state index in [1.54, 1.807) is 0 Å². The molecule has 226 valence electrons. The van der Waals surface area contributed by atoms with Crippen LogP contribution in [0.5, 0.6) is 0 Å². The fourth-order valence-electron chi connectivity index (χ4n) is 6.56. The molecule has 7 aromatic rings. The van der Waals surface area contributed by atoms with Crippen molar-refractivity contribution in [2.24, 2.45) is 0 Å². The molecule has 8 rings (SSSR count). The number of hydrogen-bond donors (Lipinski definition) is 0. The maximum absolute atomic E-state index is 4.86. The van der Waals surface area contributed by atoms with E-state index in [0.717, 1.165) is 19.0 Å². The van der Waals surface area contributed by atoms with Crippen molar-refractivity contribution in [1.82, 2.24) is 9.55 Å². The van der Waals surface area contributed by atoms with Crippen molar-refractivity contribution >= 4 is 50.6 Å². The fraction of sp³-hybridized carbons (Fsp3) is 0.146. The van der Waals surface area contributed by atoms with Gasteiger partial charge in [0.1, 0.15) is 5.82 Å². The highest BCUT2D eigenvalue weighted by atomic mass is 32.2. The van der Waals surface area contributed by atoms with Crippen molar-refractivity contribution in [2.75, 3.05) is 16.5 Å². The van der Waals surface area contributed by atoms with Crippen molar-refractivity contribution in [1.29, 1.82) is 0 Å². The first-order valence-corrected chi connectivity index (χ1v) is 16.7. The summed E-state index contributed by atoms with van der Waals surface area (Å²) in [5, 5.41) is 2.48. The van der Waals surface area contributed by atoms with E-state index in [-0.39, 0.29) is 5.41 Å². The minimum Gasteiger partial charge on any atom is -0.347 e. The van der Waals surface area contributed by atoms with Gasteiger partial charge in [0.25, 0.3) is 0 Å². The monoisotopic (exact) mass is 616 g/mol. The minimum absolute atomic E-state index is 0.0386. The zero-order valence-corrected chi connectivity index (χ0v) is 27.2. The first kappa shape index (κ1) is 28.5. The zero-order chi connectivity index (χ0) is 31.3. The summed E-state index contributed by atoms with van der Waals surface area (Å²) in [4.78, 5) is 12.2. The molecule has 0 atom stereocenters. The molecular weight excluding hydrogens is 581 g/mol. The van der Waals surface area contributed by atoms with E-state index in [1.165, 1.54) is 59.8 Å². The van der Waals surface area contributed by atoms with Crippen LogP contribution in [0.1, 0.15) is 31.9 Å². The quantitative estimate of drug-likeness (QED) is 0.186. The van der Waals surface area contributed by atoms with Gasteiger partial charge in [0, 0.05) is 39.0 Å². The average molecular weight is 617 g/mol. The molecular formula is C41H36N4S. The van der Waals surface area contributed by atoms with Crippen LogP contribution in [0, 0.1) is 0 Å². The van der Waals surface area contributed by atoms with Gasteiger partial charge < -0.3 is 9.80 Å². The molecule has 3 heterocycles. The Kier molecular flexibility index (Phi) is 7.07. The molecule has 0 radical (unpaired) electrons. The van der Waals surface area contributed by atoms with Gasteiger partial charge in [-0.1, -0.05) is 105 Å². The van der Waals surface area contributed by atoms with Crippen molar-refractivity contribution < 1.29 is 0 Å². The third-order valence-electron chi connectivity index (χ3n) is 8.89. The minimum atomic E-state index is 0.0386. The van der Waals surface area contributed by atoms with Crippen molar-refractivity contribution in [3.8, 4) is 5.82 Å². The van der Waals surface area contributed by atoms with Gasteiger partial charge in [-0.2, -0.15) is 0 Å². The van der Waals surface area contributed by atoms with Crippen LogP contribution in [-0.4, -0.2) is 16.2 Å². The van der Waals surface area contributed by atoms with Crippen LogP contribution in [-0.2, 0) is 12.0 Å². The Hall–Kier alpha value is -5.00. The second-order valence-electron chi connectivity index (χ2n) is 13.0. The summed E-state index contributed by atoms with van der Waals surface area (Å²) in [7, 11) is 0. The maximum atomic E-state index is 4.86. The Balaban J connectivity index is 1.14. The first-order chi connectivity index (χ1) is 22.4. The number of pyridine rings is 1. The van der Waals surface area contributed by atoms with E-state index in [2.05, 4.69) is 169 Å². The van der Waals surface area contributed by atoms with Gasteiger partial charge in [-0.15, -0.1) is 0 Å². The lowest BCUT2D eigenvalue weighted by atomic mass is 9.88. The summed E-state index contributed by atoms with van der Waals surface area (Å²) in [5.74, 6) is 0.954. The molecule has 5 heteroatoms. The Morgan fingerprint density at radius 3 is 2.24 bits per heavy atom. The maximum Gasteiger partial charge on any atom is 0.137 e. The van der Waals surface area contributed by atoms with Gasteiger partial charge in [0.15, 0.2) is 0 Å². The number of hydrogen-bond acceptors (Lipinski definition) is 4. The lowest BCUT2D eigenvalue weighted by molar-refractivity contribution is 0.588. The van der Waals surface area contributed by atoms with Crippen LogP contribution in [0.15, 0.2) is 149 Å². The van der Waals surface area contributed by atoms with E-state index < -0.39 is 0 Å². The molecule has 4 nitrogen and oxygen atoms in total. The van der Waals surface area contributed by atoms with Gasteiger partial charge >= 0.3 is 0 Å². The SMILES string of the molecule is CC(C)(C)c1ccnc(-n2c3ccccc3c3ccc(Sc4cccc(N5CN(Cc6ccccc6)c6ccccc65)c4)cc32)c1. The molecule has 0 unspecified atom stereocenters. The molecule has 2 aromatic heterocycles. The second-order valence-corrected chi connectivity index (χ2v) is 14.2. The van der Waals surface area contributed by atoms with Crippen LogP contribution >= 0.6 is 11.8 Å². The summed E-state index contributed by atoms with van der Waals surface area (Å²) in [6.45, 7) is 8.45. The van der Waals surface area contributed by atoms with Crippen LogP contribution in [0.4, 0.5) is 17.1 Å². The summed E-state index contributed by atoms with van der Waals surface area (Å²) < 4.78 is 2.32. The molecule has 1 aliphatic heterocycles. The zero-order valence-electron chi connectivity index (χ0n) is 26.4. The number of benzene rings is 5. The smallest absolute Gasteiger partial charge is 0.137 e. The third-order valence-corrected chi connectivity index (χ3v) is 9.87. The highest BCUT2D eigenvalue weighted by Crippen LogP contribution is 2.43. The molecule has 0 saturated carbocycles. The van der Waals surface area contributed by atoms with Gasteiger partial charge in [-0.25, -0.2) is 4.98 Å². The molecule has 0 spiro atoms. The van der Waals surface area contributed by atoms with Gasteiger partial charge in [0.05, 0.1) is 29.1 Å². The fourth-order valence-corrected chi connectivity index (χ4v) is 7.47.